The summed E-state index contributed by atoms with van der Waals surface area (Å²) in [6.45, 7) is 5.88. The van der Waals surface area contributed by atoms with Gasteiger partial charge in [-0.25, -0.2) is 0 Å². The third-order valence-corrected chi connectivity index (χ3v) is 2.00. The second-order valence-corrected chi connectivity index (χ2v) is 3.98. The lowest BCUT2D eigenvalue weighted by Gasteiger charge is -2.11. The van der Waals surface area contributed by atoms with Crippen LogP contribution < -0.4 is 4.74 Å². The van der Waals surface area contributed by atoms with Crippen molar-refractivity contribution >= 4 is 0 Å². The summed E-state index contributed by atoms with van der Waals surface area (Å²) in [5.41, 5.74) is 2.51. The van der Waals surface area contributed by atoms with Crippen molar-refractivity contribution in [2.75, 3.05) is 27.2 Å². The Kier molecular flexibility index (Phi) is 3.96. The standard InChI is InChI=1S/C12H19NO/c1-10-7-11(2)9-12(8-10)14-6-5-13(3)4/h7-9H,5-6H2,1-4H3. The molecule has 2 nitrogen and oxygen atoms in total. The summed E-state index contributed by atoms with van der Waals surface area (Å²) in [7, 11) is 4.09. The van der Waals surface area contributed by atoms with Crippen molar-refractivity contribution in [1.82, 2.24) is 4.90 Å². The van der Waals surface area contributed by atoms with Crippen LogP contribution in [0, 0.1) is 13.8 Å². The SMILES string of the molecule is Cc1cc(C)cc(OCCN(C)C)c1. The molecule has 0 N–H and O–H groups in total. The highest BCUT2D eigenvalue weighted by Gasteiger charge is 1.97. The van der Waals surface area contributed by atoms with E-state index in [1.807, 2.05) is 14.1 Å². The average molecular weight is 193 g/mol. The van der Waals surface area contributed by atoms with Gasteiger partial charge in [-0.15, -0.1) is 0 Å². The van der Waals surface area contributed by atoms with Gasteiger partial charge in [0.2, 0.25) is 0 Å². The quantitative estimate of drug-likeness (QED) is 0.727. The van der Waals surface area contributed by atoms with Gasteiger partial charge in [0.1, 0.15) is 12.4 Å². The van der Waals surface area contributed by atoms with E-state index in [0.717, 1.165) is 18.9 Å². The Labute approximate surface area is 86.5 Å². The van der Waals surface area contributed by atoms with Crippen LogP contribution in [0.1, 0.15) is 11.1 Å². The van der Waals surface area contributed by atoms with Crippen LogP contribution in [-0.4, -0.2) is 32.1 Å². The first-order valence-corrected chi connectivity index (χ1v) is 4.94. The van der Waals surface area contributed by atoms with Gasteiger partial charge in [0.25, 0.3) is 0 Å². The summed E-state index contributed by atoms with van der Waals surface area (Å²) in [6, 6.07) is 6.30. The van der Waals surface area contributed by atoms with Gasteiger partial charge in [0.05, 0.1) is 0 Å². The Balaban J connectivity index is 2.50. The van der Waals surface area contributed by atoms with Gasteiger partial charge in [-0.05, 0) is 51.2 Å². The Bertz CT molecular complexity index is 274. The third kappa shape index (κ3) is 3.79. The van der Waals surface area contributed by atoms with Crippen molar-refractivity contribution in [1.29, 1.82) is 0 Å². The molecule has 1 aromatic carbocycles. The second-order valence-electron chi connectivity index (χ2n) is 3.98. The molecule has 0 amide bonds. The van der Waals surface area contributed by atoms with E-state index in [0.29, 0.717) is 0 Å². The maximum absolute atomic E-state index is 5.64. The normalized spacial score (nSPS) is 10.6. The van der Waals surface area contributed by atoms with Crippen molar-refractivity contribution in [2.45, 2.75) is 13.8 Å². The molecule has 0 spiro atoms. The fraction of sp³-hybridized carbons (Fsp3) is 0.500. The number of likely N-dealkylation sites (N-methyl/N-ethyl adjacent to an activating group) is 1. The number of hydrogen-bond acceptors (Lipinski definition) is 2. The second kappa shape index (κ2) is 5.01. The topological polar surface area (TPSA) is 12.5 Å². The van der Waals surface area contributed by atoms with Crippen molar-refractivity contribution in [2.24, 2.45) is 0 Å². The first kappa shape index (κ1) is 11.1. The Hall–Kier alpha value is -1.02. The third-order valence-electron chi connectivity index (χ3n) is 2.00. The number of benzene rings is 1. The Morgan fingerprint density at radius 3 is 2.14 bits per heavy atom. The number of nitrogens with zero attached hydrogens (tertiary/aromatic N) is 1. The zero-order valence-electron chi connectivity index (χ0n) is 9.50. The van der Waals surface area contributed by atoms with Crippen molar-refractivity contribution < 1.29 is 4.74 Å². The zero-order chi connectivity index (χ0) is 10.6. The molecule has 0 saturated carbocycles. The molecule has 0 aliphatic heterocycles. The molecular weight excluding hydrogens is 174 g/mol. The van der Waals surface area contributed by atoms with Crippen LogP contribution >= 0.6 is 0 Å². The van der Waals surface area contributed by atoms with E-state index in [2.05, 4.69) is 36.9 Å². The highest BCUT2D eigenvalue weighted by molar-refractivity contribution is 5.32. The first-order valence-electron chi connectivity index (χ1n) is 4.94. The Morgan fingerprint density at radius 1 is 1.07 bits per heavy atom. The van der Waals surface area contributed by atoms with E-state index in [9.17, 15) is 0 Å². The number of hydrogen-bond donors (Lipinski definition) is 0. The molecule has 0 fully saturated rings. The lowest BCUT2D eigenvalue weighted by molar-refractivity contribution is 0.261. The van der Waals surface area contributed by atoms with Crippen LogP contribution in [0.15, 0.2) is 18.2 Å². The summed E-state index contributed by atoms with van der Waals surface area (Å²) in [6.07, 6.45) is 0. The molecule has 78 valence electrons. The molecule has 2 heteroatoms. The molecule has 0 atom stereocenters. The summed E-state index contributed by atoms with van der Waals surface area (Å²) < 4.78 is 5.64. The predicted octanol–water partition coefficient (Wildman–Crippen LogP) is 2.24. The minimum absolute atomic E-state index is 0.746. The number of aryl methyl sites for hydroxylation is 2. The maximum atomic E-state index is 5.64. The van der Waals surface area contributed by atoms with Crippen LogP contribution in [-0.2, 0) is 0 Å². The van der Waals surface area contributed by atoms with Gasteiger partial charge in [-0.3, -0.25) is 0 Å². The lowest BCUT2D eigenvalue weighted by Crippen LogP contribution is -2.19. The Morgan fingerprint density at radius 2 is 1.64 bits per heavy atom. The lowest BCUT2D eigenvalue weighted by atomic mass is 10.1. The van der Waals surface area contributed by atoms with Gasteiger partial charge in [0.15, 0.2) is 0 Å². The average Bonchev–Trinajstić information content (AvgIpc) is 2.01. The highest BCUT2D eigenvalue weighted by atomic mass is 16.5. The molecule has 0 radical (unpaired) electrons. The fourth-order valence-corrected chi connectivity index (χ4v) is 1.36. The molecule has 1 rings (SSSR count). The van der Waals surface area contributed by atoms with Crippen LogP contribution in [0.3, 0.4) is 0 Å². The molecule has 0 aliphatic rings. The zero-order valence-corrected chi connectivity index (χ0v) is 9.50. The van der Waals surface area contributed by atoms with Crippen molar-refractivity contribution in [3.63, 3.8) is 0 Å². The van der Waals surface area contributed by atoms with Crippen LogP contribution in [0.25, 0.3) is 0 Å². The summed E-state index contributed by atoms with van der Waals surface area (Å²) in [4.78, 5) is 2.11. The highest BCUT2D eigenvalue weighted by Crippen LogP contribution is 2.15. The predicted molar refractivity (Wildman–Crippen MR) is 60.0 cm³/mol. The van der Waals surface area contributed by atoms with Crippen LogP contribution in [0.5, 0.6) is 5.75 Å². The molecular formula is C12H19NO. The van der Waals surface area contributed by atoms with E-state index < -0.39 is 0 Å². The summed E-state index contributed by atoms with van der Waals surface area (Å²) in [5, 5.41) is 0. The minimum atomic E-state index is 0.746. The molecule has 0 heterocycles. The minimum Gasteiger partial charge on any atom is -0.492 e. The maximum Gasteiger partial charge on any atom is 0.119 e. The van der Waals surface area contributed by atoms with Gasteiger partial charge in [0, 0.05) is 6.54 Å². The molecule has 1 aromatic rings. The molecule has 0 saturated heterocycles. The van der Waals surface area contributed by atoms with Gasteiger partial charge in [-0.2, -0.15) is 0 Å². The molecule has 0 aromatic heterocycles. The first-order chi connectivity index (χ1) is 6.58. The molecule has 14 heavy (non-hydrogen) atoms. The fourth-order valence-electron chi connectivity index (χ4n) is 1.36. The smallest absolute Gasteiger partial charge is 0.119 e. The largest absolute Gasteiger partial charge is 0.492 e. The van der Waals surface area contributed by atoms with E-state index >= 15 is 0 Å². The molecule has 0 aliphatic carbocycles. The van der Waals surface area contributed by atoms with Gasteiger partial charge < -0.3 is 9.64 Å². The van der Waals surface area contributed by atoms with E-state index in [1.54, 1.807) is 0 Å². The van der Waals surface area contributed by atoms with E-state index in [-0.39, 0.29) is 0 Å². The molecule has 0 unspecified atom stereocenters. The number of ether oxygens (including phenoxy) is 1. The summed E-state index contributed by atoms with van der Waals surface area (Å²) >= 11 is 0. The number of rotatable bonds is 4. The van der Waals surface area contributed by atoms with Gasteiger partial charge in [-0.1, -0.05) is 6.07 Å². The van der Waals surface area contributed by atoms with E-state index in [1.165, 1.54) is 11.1 Å². The monoisotopic (exact) mass is 193 g/mol. The van der Waals surface area contributed by atoms with Crippen molar-refractivity contribution in [3.8, 4) is 5.75 Å². The molecule has 0 bridgehead atoms. The van der Waals surface area contributed by atoms with Crippen LogP contribution in [0.4, 0.5) is 0 Å². The van der Waals surface area contributed by atoms with Crippen LogP contribution in [0.2, 0.25) is 0 Å². The van der Waals surface area contributed by atoms with Gasteiger partial charge >= 0.3 is 0 Å². The van der Waals surface area contributed by atoms with Crippen molar-refractivity contribution in [3.05, 3.63) is 29.3 Å². The van der Waals surface area contributed by atoms with E-state index in [4.69, 9.17) is 4.74 Å². The summed E-state index contributed by atoms with van der Waals surface area (Å²) in [5.74, 6) is 0.976.